The third kappa shape index (κ3) is 3.03. The smallest absolute Gasteiger partial charge is 0.104 e. The van der Waals surface area contributed by atoms with E-state index < -0.39 is 5.41 Å². The number of oxime groups is 1. The molecule has 0 aliphatic carbocycles. The molecule has 0 bridgehead atoms. The Kier molecular flexibility index (Phi) is 5.18. The van der Waals surface area contributed by atoms with Gasteiger partial charge in [-0.3, -0.25) is 9.97 Å². The molecule has 5 heteroatoms. The second kappa shape index (κ2) is 7.38. The van der Waals surface area contributed by atoms with Gasteiger partial charge in [0, 0.05) is 22.6 Å². The summed E-state index contributed by atoms with van der Waals surface area (Å²) >= 11 is 3.50. The SMILES string of the molecule is C/C(=N/O)C(c1ccc(Br)cc1)(c1ccnc(C)c1)c1ncccc1C. The van der Waals surface area contributed by atoms with Gasteiger partial charge in [0.1, 0.15) is 5.41 Å². The van der Waals surface area contributed by atoms with Crippen molar-refractivity contribution in [3.8, 4) is 0 Å². The summed E-state index contributed by atoms with van der Waals surface area (Å²) in [5.74, 6) is 0. The predicted octanol–water partition coefficient (Wildman–Crippen LogP) is 5.04. The maximum absolute atomic E-state index is 9.80. The van der Waals surface area contributed by atoms with E-state index in [2.05, 4.69) is 26.1 Å². The lowest BCUT2D eigenvalue weighted by molar-refractivity contribution is 0.315. The van der Waals surface area contributed by atoms with E-state index in [0.29, 0.717) is 5.71 Å². The maximum atomic E-state index is 9.80. The van der Waals surface area contributed by atoms with E-state index >= 15 is 0 Å². The minimum absolute atomic E-state index is 0.548. The van der Waals surface area contributed by atoms with Crippen molar-refractivity contribution >= 4 is 21.6 Å². The molecule has 0 saturated heterocycles. The average Bonchev–Trinajstić information content (AvgIpc) is 2.65. The highest BCUT2D eigenvalue weighted by Crippen LogP contribution is 2.41. The number of rotatable bonds is 4. The van der Waals surface area contributed by atoms with Crippen molar-refractivity contribution in [2.45, 2.75) is 26.2 Å². The summed E-state index contributed by atoms with van der Waals surface area (Å²) in [5.41, 5.74) is 4.42. The van der Waals surface area contributed by atoms with E-state index in [1.807, 2.05) is 69.3 Å². The van der Waals surface area contributed by atoms with Crippen molar-refractivity contribution in [2.75, 3.05) is 0 Å². The Morgan fingerprint density at radius 1 is 1.00 bits per heavy atom. The molecule has 0 fully saturated rings. The molecule has 0 aliphatic rings. The van der Waals surface area contributed by atoms with Crippen molar-refractivity contribution in [2.24, 2.45) is 5.16 Å². The normalized spacial score (nSPS) is 14.1. The molecule has 4 nitrogen and oxygen atoms in total. The second-order valence-corrected chi connectivity index (χ2v) is 7.21. The fourth-order valence-corrected chi connectivity index (χ4v) is 3.73. The van der Waals surface area contributed by atoms with Crippen LogP contribution in [0.5, 0.6) is 0 Å². The molecular weight excluding hydrogens is 390 g/mol. The highest BCUT2D eigenvalue weighted by molar-refractivity contribution is 9.10. The van der Waals surface area contributed by atoms with Crippen molar-refractivity contribution in [3.05, 3.63) is 93.5 Å². The number of benzene rings is 1. The fourth-order valence-electron chi connectivity index (χ4n) is 3.46. The second-order valence-electron chi connectivity index (χ2n) is 6.30. The van der Waals surface area contributed by atoms with Gasteiger partial charge in [0.25, 0.3) is 0 Å². The number of aromatic nitrogens is 2. The van der Waals surface area contributed by atoms with Crippen LogP contribution in [0.4, 0.5) is 0 Å². The third-order valence-electron chi connectivity index (χ3n) is 4.66. The van der Waals surface area contributed by atoms with E-state index in [9.17, 15) is 5.21 Å². The first-order valence-corrected chi connectivity index (χ1v) is 9.10. The third-order valence-corrected chi connectivity index (χ3v) is 5.19. The van der Waals surface area contributed by atoms with E-state index in [-0.39, 0.29) is 0 Å². The van der Waals surface area contributed by atoms with Crippen LogP contribution in [0.3, 0.4) is 0 Å². The van der Waals surface area contributed by atoms with E-state index in [1.165, 1.54) is 0 Å². The van der Waals surface area contributed by atoms with Crippen LogP contribution >= 0.6 is 15.9 Å². The lowest BCUT2D eigenvalue weighted by Crippen LogP contribution is -2.39. The minimum Gasteiger partial charge on any atom is -0.411 e. The molecule has 0 saturated carbocycles. The van der Waals surface area contributed by atoms with Crippen molar-refractivity contribution in [3.63, 3.8) is 0 Å². The van der Waals surface area contributed by atoms with Gasteiger partial charge in [0.2, 0.25) is 0 Å². The van der Waals surface area contributed by atoms with Crippen LogP contribution in [0.1, 0.15) is 35.0 Å². The molecular formula is C21H20BrN3O. The molecule has 0 spiro atoms. The van der Waals surface area contributed by atoms with Gasteiger partial charge in [0.05, 0.1) is 11.4 Å². The Labute approximate surface area is 161 Å². The molecule has 2 heterocycles. The first kappa shape index (κ1) is 18.3. The number of nitrogens with zero attached hydrogens (tertiary/aromatic N) is 3. The molecule has 1 N–H and O–H groups in total. The van der Waals surface area contributed by atoms with Crippen LogP contribution in [0, 0.1) is 13.8 Å². The molecule has 1 unspecified atom stereocenters. The summed E-state index contributed by atoms with van der Waals surface area (Å²) in [4.78, 5) is 9.03. The van der Waals surface area contributed by atoms with Crippen LogP contribution in [-0.4, -0.2) is 20.9 Å². The van der Waals surface area contributed by atoms with Crippen molar-refractivity contribution in [1.82, 2.24) is 9.97 Å². The lowest BCUT2D eigenvalue weighted by Gasteiger charge is -2.35. The van der Waals surface area contributed by atoms with Crippen LogP contribution in [0.25, 0.3) is 0 Å². The van der Waals surface area contributed by atoms with Crippen LogP contribution in [-0.2, 0) is 5.41 Å². The summed E-state index contributed by atoms with van der Waals surface area (Å²) < 4.78 is 0.984. The molecule has 1 atom stereocenters. The topological polar surface area (TPSA) is 58.4 Å². The summed E-state index contributed by atoms with van der Waals surface area (Å²) in [6, 6.07) is 15.9. The van der Waals surface area contributed by atoms with E-state index in [0.717, 1.165) is 32.6 Å². The summed E-state index contributed by atoms with van der Waals surface area (Å²) in [6.07, 6.45) is 3.55. The number of aryl methyl sites for hydroxylation is 2. The van der Waals surface area contributed by atoms with Crippen molar-refractivity contribution < 1.29 is 5.21 Å². The highest BCUT2D eigenvalue weighted by Gasteiger charge is 2.42. The maximum Gasteiger partial charge on any atom is 0.104 e. The molecule has 0 radical (unpaired) electrons. The Morgan fingerprint density at radius 3 is 2.35 bits per heavy atom. The van der Waals surface area contributed by atoms with Gasteiger partial charge in [-0.15, -0.1) is 0 Å². The summed E-state index contributed by atoms with van der Waals surface area (Å²) in [7, 11) is 0. The molecule has 2 aromatic heterocycles. The largest absolute Gasteiger partial charge is 0.411 e. The zero-order valence-corrected chi connectivity index (χ0v) is 16.5. The first-order chi connectivity index (χ1) is 12.5. The van der Waals surface area contributed by atoms with E-state index in [1.54, 1.807) is 12.4 Å². The van der Waals surface area contributed by atoms with Crippen LogP contribution < -0.4 is 0 Å². The Morgan fingerprint density at radius 2 is 1.73 bits per heavy atom. The predicted molar refractivity (Wildman–Crippen MR) is 107 cm³/mol. The highest BCUT2D eigenvalue weighted by atomic mass is 79.9. The standard InChI is InChI=1S/C21H20BrN3O/c1-14-5-4-11-24-20(14)21(16(3)25-26,17-6-8-19(22)9-7-17)18-10-12-23-15(2)13-18/h4-13,26H,1-3H3/b25-16-. The molecule has 132 valence electrons. The molecule has 3 rings (SSSR count). The van der Waals surface area contributed by atoms with Gasteiger partial charge in [-0.1, -0.05) is 39.3 Å². The van der Waals surface area contributed by atoms with Gasteiger partial charge in [-0.25, -0.2) is 0 Å². The minimum atomic E-state index is -0.811. The molecule has 1 aromatic carbocycles. The zero-order chi connectivity index (χ0) is 18.7. The molecule has 0 aliphatic heterocycles. The molecule has 3 aromatic rings. The lowest BCUT2D eigenvalue weighted by atomic mass is 9.67. The van der Waals surface area contributed by atoms with Gasteiger partial charge in [0.15, 0.2) is 0 Å². The number of pyridine rings is 2. The Hall–Kier alpha value is -2.53. The summed E-state index contributed by atoms with van der Waals surface area (Å²) in [6.45, 7) is 5.80. The molecule has 26 heavy (non-hydrogen) atoms. The fraction of sp³-hybridized carbons (Fsp3) is 0.190. The van der Waals surface area contributed by atoms with Crippen LogP contribution in [0.2, 0.25) is 0 Å². The van der Waals surface area contributed by atoms with Gasteiger partial charge in [-0.2, -0.15) is 0 Å². The van der Waals surface area contributed by atoms with Crippen molar-refractivity contribution in [1.29, 1.82) is 0 Å². The average molecular weight is 410 g/mol. The first-order valence-electron chi connectivity index (χ1n) is 8.30. The quantitative estimate of drug-likeness (QED) is 0.373. The number of hydrogen-bond donors (Lipinski definition) is 1. The zero-order valence-electron chi connectivity index (χ0n) is 14.9. The van der Waals surface area contributed by atoms with Gasteiger partial charge in [-0.05, 0) is 67.8 Å². The number of hydrogen-bond acceptors (Lipinski definition) is 4. The Balaban J connectivity index is 2.47. The monoisotopic (exact) mass is 409 g/mol. The number of halogens is 1. The summed E-state index contributed by atoms with van der Waals surface area (Å²) in [5, 5.41) is 13.4. The van der Waals surface area contributed by atoms with Gasteiger partial charge < -0.3 is 5.21 Å². The van der Waals surface area contributed by atoms with E-state index in [4.69, 9.17) is 4.98 Å². The van der Waals surface area contributed by atoms with Gasteiger partial charge >= 0.3 is 0 Å². The molecule has 0 amide bonds. The Bertz CT molecular complexity index is 953. The van der Waals surface area contributed by atoms with Crippen LogP contribution in [0.15, 0.2) is 70.6 Å².